The van der Waals surface area contributed by atoms with E-state index < -0.39 is 5.82 Å². The highest BCUT2D eigenvalue weighted by atomic mass is 19.1. The van der Waals surface area contributed by atoms with Crippen LogP contribution in [0.4, 0.5) is 4.39 Å². The number of carbonyl (C=O) groups is 1. The third-order valence-electron chi connectivity index (χ3n) is 4.87. The average Bonchev–Trinajstić information content (AvgIpc) is 3.23. The number of benzene rings is 1. The fourth-order valence-corrected chi connectivity index (χ4v) is 3.58. The number of rotatable bonds is 4. The van der Waals surface area contributed by atoms with Crippen LogP contribution in [0.2, 0.25) is 0 Å². The Hall–Kier alpha value is -2.31. The number of ether oxygens (including phenoxy) is 2. The van der Waals surface area contributed by atoms with Crippen molar-refractivity contribution >= 4 is 5.91 Å². The molecule has 1 amide bonds. The molecule has 0 bridgehead atoms. The van der Waals surface area contributed by atoms with Crippen molar-refractivity contribution in [3.63, 3.8) is 0 Å². The molecule has 3 atom stereocenters. The third-order valence-corrected chi connectivity index (χ3v) is 4.87. The van der Waals surface area contributed by atoms with Crippen molar-refractivity contribution in [2.45, 2.75) is 18.8 Å². The van der Waals surface area contributed by atoms with E-state index >= 15 is 0 Å². The van der Waals surface area contributed by atoms with Crippen molar-refractivity contribution in [3.8, 4) is 0 Å². The summed E-state index contributed by atoms with van der Waals surface area (Å²) >= 11 is 0. The molecule has 0 saturated carbocycles. The fourth-order valence-electron chi connectivity index (χ4n) is 3.58. The Labute approximate surface area is 145 Å². The van der Waals surface area contributed by atoms with Crippen LogP contribution in [0.1, 0.15) is 15.9 Å². The van der Waals surface area contributed by atoms with Gasteiger partial charge < -0.3 is 14.4 Å². The quantitative estimate of drug-likeness (QED) is 0.855. The van der Waals surface area contributed by atoms with E-state index in [1.165, 1.54) is 12.1 Å². The molecule has 0 unspecified atom stereocenters. The summed E-state index contributed by atoms with van der Waals surface area (Å²) < 4.78 is 25.1. The van der Waals surface area contributed by atoms with Gasteiger partial charge in [0.25, 0.3) is 5.91 Å². The van der Waals surface area contributed by atoms with Gasteiger partial charge in [-0.15, -0.1) is 0 Å². The van der Waals surface area contributed by atoms with Crippen LogP contribution in [0.25, 0.3) is 0 Å². The second-order valence-electron chi connectivity index (χ2n) is 6.45. The smallest absolute Gasteiger partial charge is 0.254 e. The van der Waals surface area contributed by atoms with Crippen LogP contribution in [0, 0.1) is 11.7 Å². The number of carbonyl (C=O) groups excluding carboxylic acids is 1. The minimum absolute atomic E-state index is 0.0188. The van der Waals surface area contributed by atoms with Gasteiger partial charge in [-0.25, -0.2) is 4.39 Å². The van der Waals surface area contributed by atoms with Gasteiger partial charge in [-0.2, -0.15) is 0 Å². The largest absolute Gasteiger partial charge is 0.379 e. The van der Waals surface area contributed by atoms with E-state index in [9.17, 15) is 9.18 Å². The van der Waals surface area contributed by atoms with Crippen molar-refractivity contribution in [1.82, 2.24) is 9.88 Å². The molecule has 2 saturated heterocycles. The van der Waals surface area contributed by atoms with Gasteiger partial charge in [0, 0.05) is 30.4 Å². The lowest BCUT2D eigenvalue weighted by molar-refractivity contribution is 0.00925. The lowest BCUT2D eigenvalue weighted by Crippen LogP contribution is -2.38. The fraction of sp³-hybridized carbons (Fsp3) is 0.368. The minimum Gasteiger partial charge on any atom is -0.379 e. The zero-order valence-electron chi connectivity index (χ0n) is 13.7. The number of hydrogen-bond donors (Lipinski definition) is 0. The van der Waals surface area contributed by atoms with Crippen LogP contribution < -0.4 is 0 Å². The highest BCUT2D eigenvalue weighted by Gasteiger charge is 2.48. The van der Waals surface area contributed by atoms with Crippen molar-refractivity contribution in [3.05, 3.63) is 65.7 Å². The zero-order chi connectivity index (χ0) is 17.2. The SMILES string of the molecule is O=C(c1cccc(F)c1)N1C[C@H](OCc2cccnc2)[C@H]2COC[C@H]21. The van der Waals surface area contributed by atoms with E-state index in [1.54, 1.807) is 29.4 Å². The number of likely N-dealkylation sites (tertiary alicyclic amines) is 1. The van der Waals surface area contributed by atoms with Gasteiger partial charge in [-0.1, -0.05) is 12.1 Å². The molecule has 1 aromatic heterocycles. The van der Waals surface area contributed by atoms with Crippen molar-refractivity contribution in [1.29, 1.82) is 0 Å². The first kappa shape index (κ1) is 16.2. The second-order valence-corrected chi connectivity index (χ2v) is 6.45. The highest BCUT2D eigenvalue weighted by Crippen LogP contribution is 2.33. The van der Waals surface area contributed by atoms with Crippen LogP contribution in [-0.4, -0.2) is 47.7 Å². The van der Waals surface area contributed by atoms with Gasteiger partial charge in [0.2, 0.25) is 0 Å². The molecular weight excluding hydrogens is 323 g/mol. The molecule has 2 aliphatic heterocycles. The first-order valence-electron chi connectivity index (χ1n) is 8.37. The molecule has 0 radical (unpaired) electrons. The molecule has 0 N–H and O–H groups in total. The number of halogens is 1. The van der Waals surface area contributed by atoms with E-state index in [-0.39, 0.29) is 24.0 Å². The van der Waals surface area contributed by atoms with Crippen molar-refractivity contribution in [2.24, 2.45) is 5.92 Å². The Bertz CT molecular complexity index is 755. The van der Waals surface area contributed by atoms with Gasteiger partial charge in [-0.3, -0.25) is 9.78 Å². The predicted molar refractivity (Wildman–Crippen MR) is 88.3 cm³/mol. The molecule has 6 heteroatoms. The zero-order valence-corrected chi connectivity index (χ0v) is 13.7. The molecule has 0 spiro atoms. The van der Waals surface area contributed by atoms with Crippen LogP contribution in [0.15, 0.2) is 48.8 Å². The maximum absolute atomic E-state index is 13.4. The van der Waals surface area contributed by atoms with E-state index in [0.717, 1.165) is 5.56 Å². The van der Waals surface area contributed by atoms with E-state index in [0.29, 0.717) is 31.9 Å². The number of nitrogens with zero attached hydrogens (tertiary/aromatic N) is 2. The number of hydrogen-bond acceptors (Lipinski definition) is 4. The molecule has 1 aromatic carbocycles. The molecule has 3 heterocycles. The van der Waals surface area contributed by atoms with Crippen LogP contribution in [-0.2, 0) is 16.1 Å². The molecule has 25 heavy (non-hydrogen) atoms. The summed E-state index contributed by atoms with van der Waals surface area (Å²) in [6, 6.07) is 9.61. The Kier molecular flexibility index (Phi) is 4.46. The third kappa shape index (κ3) is 3.27. The first-order valence-corrected chi connectivity index (χ1v) is 8.37. The van der Waals surface area contributed by atoms with Crippen LogP contribution in [0.3, 0.4) is 0 Å². The normalized spacial score (nSPS) is 25.2. The number of fused-ring (bicyclic) bond motifs is 1. The molecule has 0 aliphatic carbocycles. The maximum Gasteiger partial charge on any atom is 0.254 e. The predicted octanol–water partition coefficient (Wildman–Crippen LogP) is 2.28. The first-order chi connectivity index (χ1) is 12.2. The molecular formula is C19H19FN2O3. The molecule has 4 rings (SSSR count). The summed E-state index contributed by atoms with van der Waals surface area (Å²) in [5.41, 5.74) is 1.35. The van der Waals surface area contributed by atoms with Gasteiger partial charge >= 0.3 is 0 Å². The minimum atomic E-state index is -0.409. The monoisotopic (exact) mass is 342 g/mol. The van der Waals surface area contributed by atoms with Gasteiger partial charge in [0.15, 0.2) is 0 Å². The summed E-state index contributed by atoms with van der Waals surface area (Å²) in [5.74, 6) is -0.435. The summed E-state index contributed by atoms with van der Waals surface area (Å²) in [6.45, 7) is 2.02. The summed E-state index contributed by atoms with van der Waals surface area (Å²) in [7, 11) is 0. The molecule has 2 fully saturated rings. The Balaban J connectivity index is 1.48. The number of pyridine rings is 1. The summed E-state index contributed by atoms with van der Waals surface area (Å²) in [6.07, 6.45) is 3.40. The van der Waals surface area contributed by atoms with Gasteiger partial charge in [-0.05, 0) is 29.8 Å². The van der Waals surface area contributed by atoms with Crippen LogP contribution >= 0.6 is 0 Å². The number of aromatic nitrogens is 1. The standard InChI is InChI=1S/C19H19FN2O3/c20-15-5-1-4-14(7-15)19(23)22-9-18(16-11-24-12-17(16)22)25-10-13-3-2-6-21-8-13/h1-8,16-18H,9-12H2/t16-,17+,18-/m0/s1. The van der Waals surface area contributed by atoms with Gasteiger partial charge in [0.1, 0.15) is 5.82 Å². The second kappa shape index (κ2) is 6.90. The van der Waals surface area contributed by atoms with Crippen molar-refractivity contribution < 1.29 is 18.7 Å². The van der Waals surface area contributed by atoms with E-state index in [4.69, 9.17) is 9.47 Å². The lowest BCUT2D eigenvalue weighted by atomic mass is 10.0. The van der Waals surface area contributed by atoms with Crippen molar-refractivity contribution in [2.75, 3.05) is 19.8 Å². The Morgan fingerprint density at radius 3 is 3.04 bits per heavy atom. The van der Waals surface area contributed by atoms with E-state index in [1.807, 2.05) is 12.1 Å². The average molecular weight is 342 g/mol. The highest BCUT2D eigenvalue weighted by molar-refractivity contribution is 5.94. The van der Waals surface area contributed by atoms with Crippen LogP contribution in [0.5, 0.6) is 0 Å². The Morgan fingerprint density at radius 2 is 2.24 bits per heavy atom. The Morgan fingerprint density at radius 1 is 1.32 bits per heavy atom. The summed E-state index contributed by atoms with van der Waals surface area (Å²) in [5, 5.41) is 0. The molecule has 5 nitrogen and oxygen atoms in total. The summed E-state index contributed by atoms with van der Waals surface area (Å²) in [4.78, 5) is 18.6. The molecule has 2 aliphatic rings. The van der Waals surface area contributed by atoms with Gasteiger partial charge in [0.05, 0.1) is 32.0 Å². The molecule has 130 valence electrons. The molecule has 2 aromatic rings. The topological polar surface area (TPSA) is 51.7 Å². The number of amides is 1. The lowest BCUT2D eigenvalue weighted by Gasteiger charge is -2.22. The maximum atomic E-state index is 13.4. The van der Waals surface area contributed by atoms with E-state index in [2.05, 4.69) is 4.98 Å².